The van der Waals surface area contributed by atoms with Crippen molar-refractivity contribution in [1.82, 2.24) is 5.32 Å². The van der Waals surface area contributed by atoms with Crippen LogP contribution in [0.1, 0.15) is 39.4 Å². The average molecular weight is 342 g/mol. The maximum absolute atomic E-state index is 12.0. The zero-order valence-corrected chi connectivity index (χ0v) is 14.8. The molecule has 2 N–H and O–H groups in total. The van der Waals surface area contributed by atoms with Crippen LogP contribution in [0.25, 0.3) is 0 Å². The lowest BCUT2D eigenvalue weighted by Crippen LogP contribution is -2.30. The SMILES string of the molecule is COC(=O)c1sc(NC(=O)CNCC(C)C)c(C(=O)OC)c1C. The fourth-order valence-electron chi connectivity index (χ4n) is 1.88. The largest absolute Gasteiger partial charge is 0.465 e. The number of ether oxygens (including phenoxy) is 2. The summed E-state index contributed by atoms with van der Waals surface area (Å²) in [5.74, 6) is -1.05. The van der Waals surface area contributed by atoms with Crippen LogP contribution < -0.4 is 10.6 Å². The maximum atomic E-state index is 12.0. The van der Waals surface area contributed by atoms with E-state index in [9.17, 15) is 14.4 Å². The summed E-state index contributed by atoms with van der Waals surface area (Å²) in [6, 6.07) is 0. The first-order chi connectivity index (χ1) is 10.8. The molecule has 0 aliphatic rings. The van der Waals surface area contributed by atoms with Crippen LogP contribution >= 0.6 is 11.3 Å². The van der Waals surface area contributed by atoms with E-state index in [0.29, 0.717) is 18.0 Å². The molecular formula is C15H22N2O5S. The van der Waals surface area contributed by atoms with Crippen LogP contribution in [0.4, 0.5) is 5.00 Å². The number of anilines is 1. The smallest absolute Gasteiger partial charge is 0.348 e. The number of amides is 1. The topological polar surface area (TPSA) is 93.7 Å². The predicted molar refractivity (Wildman–Crippen MR) is 88.1 cm³/mol. The molecule has 1 aromatic heterocycles. The number of methoxy groups -OCH3 is 2. The summed E-state index contributed by atoms with van der Waals surface area (Å²) in [7, 11) is 2.50. The Balaban J connectivity index is 2.98. The molecule has 0 saturated heterocycles. The monoisotopic (exact) mass is 342 g/mol. The van der Waals surface area contributed by atoms with Crippen molar-refractivity contribution >= 4 is 34.2 Å². The Morgan fingerprint density at radius 3 is 2.26 bits per heavy atom. The summed E-state index contributed by atoms with van der Waals surface area (Å²) in [5.41, 5.74) is 0.606. The summed E-state index contributed by atoms with van der Waals surface area (Å²) in [6.07, 6.45) is 0. The second-order valence-electron chi connectivity index (χ2n) is 5.32. The van der Waals surface area contributed by atoms with Crippen molar-refractivity contribution in [2.75, 3.05) is 32.6 Å². The normalized spacial score (nSPS) is 10.5. The van der Waals surface area contributed by atoms with E-state index in [-0.39, 0.29) is 27.9 Å². The average Bonchev–Trinajstić information content (AvgIpc) is 2.81. The highest BCUT2D eigenvalue weighted by molar-refractivity contribution is 7.18. The van der Waals surface area contributed by atoms with E-state index in [1.54, 1.807) is 6.92 Å². The van der Waals surface area contributed by atoms with Gasteiger partial charge in [-0.15, -0.1) is 11.3 Å². The standard InChI is InChI=1S/C15H22N2O5S/c1-8(2)6-16-7-10(18)17-13-11(14(19)21-4)9(3)12(23-13)15(20)22-5/h8,16H,6-7H2,1-5H3,(H,17,18). The molecule has 7 nitrogen and oxygen atoms in total. The fourth-order valence-corrected chi connectivity index (χ4v) is 3.01. The maximum Gasteiger partial charge on any atom is 0.348 e. The Morgan fingerprint density at radius 2 is 1.74 bits per heavy atom. The molecule has 1 heterocycles. The van der Waals surface area contributed by atoms with Crippen molar-refractivity contribution in [3.63, 3.8) is 0 Å². The Morgan fingerprint density at radius 1 is 1.13 bits per heavy atom. The van der Waals surface area contributed by atoms with Gasteiger partial charge in [-0.3, -0.25) is 4.79 Å². The predicted octanol–water partition coefficient (Wildman–Crippen LogP) is 1.81. The van der Waals surface area contributed by atoms with Crippen molar-refractivity contribution in [1.29, 1.82) is 0 Å². The van der Waals surface area contributed by atoms with E-state index in [0.717, 1.165) is 11.3 Å². The molecule has 0 atom stereocenters. The van der Waals surface area contributed by atoms with Gasteiger partial charge in [-0.25, -0.2) is 9.59 Å². The quantitative estimate of drug-likeness (QED) is 0.734. The first kappa shape index (κ1) is 19.1. The number of rotatable bonds is 7. The van der Waals surface area contributed by atoms with Crippen molar-refractivity contribution in [3.05, 3.63) is 16.0 Å². The van der Waals surface area contributed by atoms with Gasteiger partial charge in [0.15, 0.2) is 0 Å². The van der Waals surface area contributed by atoms with Gasteiger partial charge in [0.1, 0.15) is 9.88 Å². The highest BCUT2D eigenvalue weighted by Crippen LogP contribution is 2.34. The lowest BCUT2D eigenvalue weighted by molar-refractivity contribution is -0.115. The lowest BCUT2D eigenvalue weighted by Gasteiger charge is -2.08. The van der Waals surface area contributed by atoms with Gasteiger partial charge in [-0.05, 0) is 24.9 Å². The molecule has 8 heteroatoms. The van der Waals surface area contributed by atoms with Gasteiger partial charge in [0, 0.05) is 0 Å². The zero-order chi connectivity index (χ0) is 17.6. The minimum absolute atomic E-state index is 0.114. The van der Waals surface area contributed by atoms with Crippen LogP contribution in [0.15, 0.2) is 0 Å². The van der Waals surface area contributed by atoms with Crippen LogP contribution in [0.5, 0.6) is 0 Å². The summed E-state index contributed by atoms with van der Waals surface area (Å²) in [4.78, 5) is 35.9. The highest BCUT2D eigenvalue weighted by Gasteiger charge is 2.26. The molecule has 0 bridgehead atoms. The van der Waals surface area contributed by atoms with Crippen LogP contribution in [-0.2, 0) is 14.3 Å². The molecule has 0 spiro atoms. The molecule has 23 heavy (non-hydrogen) atoms. The number of carbonyl (C=O) groups excluding carboxylic acids is 3. The second-order valence-corrected chi connectivity index (χ2v) is 6.34. The van der Waals surface area contributed by atoms with Gasteiger partial charge in [0.05, 0.1) is 26.3 Å². The van der Waals surface area contributed by atoms with Crippen molar-refractivity contribution < 1.29 is 23.9 Å². The van der Waals surface area contributed by atoms with E-state index in [1.807, 2.05) is 13.8 Å². The Hall–Kier alpha value is -1.93. The summed E-state index contributed by atoms with van der Waals surface area (Å²) >= 11 is 0.995. The van der Waals surface area contributed by atoms with Crippen molar-refractivity contribution in [3.8, 4) is 0 Å². The van der Waals surface area contributed by atoms with Gasteiger partial charge < -0.3 is 20.1 Å². The molecule has 0 fully saturated rings. The molecule has 128 valence electrons. The molecule has 0 unspecified atom stereocenters. The molecule has 0 aliphatic heterocycles. The van der Waals surface area contributed by atoms with Crippen LogP contribution in [0, 0.1) is 12.8 Å². The third-order valence-corrected chi connectivity index (χ3v) is 4.19. The number of nitrogens with one attached hydrogen (secondary N) is 2. The van der Waals surface area contributed by atoms with Gasteiger partial charge in [-0.2, -0.15) is 0 Å². The van der Waals surface area contributed by atoms with Gasteiger partial charge in [0.25, 0.3) is 0 Å². The molecular weight excluding hydrogens is 320 g/mol. The van der Waals surface area contributed by atoms with Crippen LogP contribution in [-0.4, -0.2) is 45.2 Å². The van der Waals surface area contributed by atoms with Gasteiger partial charge in [-0.1, -0.05) is 13.8 Å². The highest BCUT2D eigenvalue weighted by atomic mass is 32.1. The lowest BCUT2D eigenvalue weighted by atomic mass is 10.1. The molecule has 0 aliphatic carbocycles. The third-order valence-electron chi connectivity index (χ3n) is 3.00. The first-order valence-corrected chi connectivity index (χ1v) is 7.94. The van der Waals surface area contributed by atoms with Gasteiger partial charge in [0.2, 0.25) is 5.91 Å². The van der Waals surface area contributed by atoms with Crippen LogP contribution in [0.2, 0.25) is 0 Å². The van der Waals surface area contributed by atoms with Gasteiger partial charge >= 0.3 is 11.9 Å². The molecule has 1 aromatic rings. The fraction of sp³-hybridized carbons (Fsp3) is 0.533. The second kappa shape index (κ2) is 8.64. The van der Waals surface area contributed by atoms with E-state index >= 15 is 0 Å². The van der Waals surface area contributed by atoms with Crippen LogP contribution in [0.3, 0.4) is 0 Å². The number of thiophene rings is 1. The number of hydrogen-bond donors (Lipinski definition) is 2. The minimum atomic E-state index is -0.612. The molecule has 0 radical (unpaired) electrons. The molecule has 1 amide bonds. The first-order valence-electron chi connectivity index (χ1n) is 7.12. The Labute approximate surface area is 139 Å². The van der Waals surface area contributed by atoms with Crippen molar-refractivity contribution in [2.24, 2.45) is 5.92 Å². The Kier molecular flexibility index (Phi) is 7.18. The molecule has 1 rings (SSSR count). The number of esters is 2. The summed E-state index contributed by atoms with van der Waals surface area (Å²) in [5, 5.41) is 5.94. The van der Waals surface area contributed by atoms with E-state index in [4.69, 9.17) is 4.74 Å². The molecule has 0 saturated carbocycles. The van der Waals surface area contributed by atoms with E-state index < -0.39 is 11.9 Å². The molecule has 0 aromatic carbocycles. The number of carbonyl (C=O) groups is 3. The van der Waals surface area contributed by atoms with E-state index in [2.05, 4.69) is 15.4 Å². The number of hydrogen-bond acceptors (Lipinski definition) is 7. The minimum Gasteiger partial charge on any atom is -0.465 e. The van der Waals surface area contributed by atoms with Crippen molar-refractivity contribution in [2.45, 2.75) is 20.8 Å². The zero-order valence-electron chi connectivity index (χ0n) is 13.9. The third kappa shape index (κ3) is 5.04. The summed E-state index contributed by atoms with van der Waals surface area (Å²) < 4.78 is 9.42. The summed E-state index contributed by atoms with van der Waals surface area (Å²) in [6.45, 7) is 6.50. The van der Waals surface area contributed by atoms with E-state index in [1.165, 1.54) is 14.2 Å². The Bertz CT molecular complexity index is 595.